The van der Waals surface area contributed by atoms with Crippen molar-refractivity contribution < 1.29 is 34.1 Å². The highest BCUT2D eigenvalue weighted by Gasteiger charge is 2.31. The van der Waals surface area contributed by atoms with Gasteiger partial charge in [-0.1, -0.05) is 31.2 Å². The van der Waals surface area contributed by atoms with Crippen LogP contribution in [0.2, 0.25) is 0 Å². The van der Waals surface area contributed by atoms with Gasteiger partial charge in [0.05, 0.1) is 19.8 Å². The van der Waals surface area contributed by atoms with E-state index in [1.165, 1.54) is 31.2 Å². The molecule has 1 heterocycles. The molecule has 1 aliphatic rings. The lowest BCUT2D eigenvalue weighted by molar-refractivity contribution is -0.145. The third-order valence-electron chi connectivity index (χ3n) is 5.02. The Morgan fingerprint density at radius 3 is 2.26 bits per heavy atom. The number of Topliss-reactive ketones (excluding diaryl/α,β-unsaturated/α-hetero) is 1. The summed E-state index contributed by atoms with van der Waals surface area (Å²) in [5.41, 5.74) is 0.690. The molecule has 1 aliphatic heterocycles. The summed E-state index contributed by atoms with van der Waals surface area (Å²) < 4.78 is 5.22. The number of carbonyl (C=O) groups is 4. The Balaban J connectivity index is 1.96. The minimum Gasteiger partial charge on any atom is -0.480 e. The molecular weight excluding hydrogens is 406 g/mol. The van der Waals surface area contributed by atoms with E-state index < -0.39 is 30.1 Å². The second-order valence-electron chi connectivity index (χ2n) is 7.35. The Hall–Kier alpha value is -2.82. The second kappa shape index (κ2) is 11.5. The van der Waals surface area contributed by atoms with Crippen LogP contribution in [0.4, 0.5) is 0 Å². The van der Waals surface area contributed by atoms with Gasteiger partial charge in [-0.3, -0.25) is 19.3 Å². The highest BCUT2D eigenvalue weighted by Crippen LogP contribution is 2.19. The molecule has 1 aromatic rings. The van der Waals surface area contributed by atoms with Gasteiger partial charge in [0.25, 0.3) is 0 Å². The number of benzene rings is 1. The van der Waals surface area contributed by atoms with Crippen molar-refractivity contribution in [3.63, 3.8) is 0 Å². The molecule has 10 nitrogen and oxygen atoms in total. The lowest BCUT2D eigenvalue weighted by atomic mass is 9.99. The third-order valence-corrected chi connectivity index (χ3v) is 5.02. The number of aliphatic carboxylic acids is 1. The number of rotatable bonds is 10. The van der Waals surface area contributed by atoms with E-state index in [0.717, 1.165) is 0 Å². The summed E-state index contributed by atoms with van der Waals surface area (Å²) in [5, 5.41) is 24.8. The first-order valence-electron chi connectivity index (χ1n) is 10.2. The molecule has 4 N–H and O–H groups in total. The van der Waals surface area contributed by atoms with Crippen molar-refractivity contribution in [1.29, 1.82) is 0 Å². The van der Waals surface area contributed by atoms with E-state index in [4.69, 9.17) is 4.74 Å². The maximum Gasteiger partial charge on any atom is 0.329 e. The molecule has 1 aromatic carbocycles. The van der Waals surface area contributed by atoms with Crippen LogP contribution in [0.25, 0.3) is 0 Å². The van der Waals surface area contributed by atoms with Crippen molar-refractivity contribution in [2.45, 2.75) is 38.5 Å². The zero-order valence-electron chi connectivity index (χ0n) is 17.7. The number of aliphatic hydroxyl groups is 1. The number of nitrogens with one attached hydrogen (secondary N) is 2. The number of carboxylic acid groups (broad SMARTS) is 1. The van der Waals surface area contributed by atoms with E-state index in [0.29, 0.717) is 38.3 Å². The average Bonchev–Trinajstić information content (AvgIpc) is 2.76. The molecule has 0 aliphatic carbocycles. The normalized spacial score (nSPS) is 17.3. The van der Waals surface area contributed by atoms with Crippen LogP contribution in [0.1, 0.15) is 42.3 Å². The zero-order valence-corrected chi connectivity index (χ0v) is 17.7. The predicted molar refractivity (Wildman–Crippen MR) is 110 cm³/mol. The highest BCUT2D eigenvalue weighted by atomic mass is 16.5. The predicted octanol–water partition coefficient (Wildman–Crippen LogP) is -0.281. The Kier molecular flexibility index (Phi) is 9.10. The van der Waals surface area contributed by atoms with E-state index in [1.807, 2.05) is 4.90 Å². The van der Waals surface area contributed by atoms with Crippen LogP contribution in [0.3, 0.4) is 0 Å². The van der Waals surface area contributed by atoms with Gasteiger partial charge < -0.3 is 25.6 Å². The SMILES string of the molecule is CCC(=O)c1ccc([C@@H](O)[C@H](NC(=O)[C@H](C)NC(=O)CN2CCOCC2)C(=O)O)cc1. The van der Waals surface area contributed by atoms with Crippen molar-refractivity contribution >= 4 is 23.6 Å². The van der Waals surface area contributed by atoms with Gasteiger partial charge in [0.15, 0.2) is 11.8 Å². The molecule has 1 fully saturated rings. The molecule has 10 heteroatoms. The van der Waals surface area contributed by atoms with E-state index in [9.17, 15) is 29.4 Å². The summed E-state index contributed by atoms with van der Waals surface area (Å²) in [7, 11) is 0. The lowest BCUT2D eigenvalue weighted by Gasteiger charge is -2.27. The van der Waals surface area contributed by atoms with E-state index in [1.54, 1.807) is 6.92 Å². The molecule has 0 bridgehead atoms. The number of aliphatic hydroxyl groups excluding tert-OH is 1. The first-order chi connectivity index (χ1) is 14.7. The van der Waals surface area contributed by atoms with Crippen molar-refractivity contribution in [2.24, 2.45) is 0 Å². The largest absolute Gasteiger partial charge is 0.480 e. The van der Waals surface area contributed by atoms with Crippen LogP contribution >= 0.6 is 0 Å². The maximum atomic E-state index is 12.4. The number of nitrogens with zero attached hydrogens (tertiary/aromatic N) is 1. The van der Waals surface area contributed by atoms with Crippen LogP contribution < -0.4 is 10.6 Å². The van der Waals surface area contributed by atoms with Crippen LogP contribution in [0.15, 0.2) is 24.3 Å². The average molecular weight is 435 g/mol. The summed E-state index contributed by atoms with van der Waals surface area (Å²) in [6.07, 6.45) is -1.21. The highest BCUT2D eigenvalue weighted by molar-refractivity contribution is 5.96. The quantitative estimate of drug-likeness (QED) is 0.367. The molecule has 0 aromatic heterocycles. The van der Waals surface area contributed by atoms with Crippen LogP contribution in [0.5, 0.6) is 0 Å². The summed E-state index contributed by atoms with van der Waals surface area (Å²) in [6, 6.07) is 3.27. The van der Waals surface area contributed by atoms with E-state index >= 15 is 0 Å². The number of ketones is 1. The number of amides is 2. The molecule has 2 rings (SSSR count). The second-order valence-corrected chi connectivity index (χ2v) is 7.35. The number of morpholine rings is 1. The van der Waals surface area contributed by atoms with Gasteiger partial charge >= 0.3 is 5.97 Å². The Morgan fingerprint density at radius 2 is 1.71 bits per heavy atom. The van der Waals surface area contributed by atoms with Crippen molar-refractivity contribution in [1.82, 2.24) is 15.5 Å². The first kappa shape index (κ1) is 24.4. The monoisotopic (exact) mass is 435 g/mol. The fourth-order valence-electron chi connectivity index (χ4n) is 3.13. The number of carboxylic acids is 1. The number of ether oxygens (including phenoxy) is 1. The minimum atomic E-state index is -1.63. The summed E-state index contributed by atoms with van der Waals surface area (Å²) in [6.45, 7) is 5.57. The maximum absolute atomic E-state index is 12.4. The molecule has 2 amide bonds. The summed E-state index contributed by atoms with van der Waals surface area (Å²) in [4.78, 5) is 49.8. The van der Waals surface area contributed by atoms with Gasteiger partial charge in [-0.15, -0.1) is 0 Å². The Bertz CT molecular complexity index is 791. The number of carbonyl (C=O) groups excluding carboxylic acids is 3. The first-order valence-corrected chi connectivity index (χ1v) is 10.2. The molecule has 0 saturated carbocycles. The Morgan fingerprint density at radius 1 is 1.10 bits per heavy atom. The Labute approximate surface area is 180 Å². The number of hydrogen-bond donors (Lipinski definition) is 4. The molecule has 0 spiro atoms. The van der Waals surface area contributed by atoms with Gasteiger partial charge in [-0.25, -0.2) is 4.79 Å². The lowest BCUT2D eigenvalue weighted by Crippen LogP contribution is -2.53. The molecular formula is C21H29N3O7. The number of hydrogen-bond acceptors (Lipinski definition) is 7. The van der Waals surface area contributed by atoms with Gasteiger partial charge in [-0.2, -0.15) is 0 Å². The minimum absolute atomic E-state index is 0.0780. The van der Waals surface area contributed by atoms with Gasteiger partial charge in [0, 0.05) is 25.1 Å². The topological polar surface area (TPSA) is 145 Å². The van der Waals surface area contributed by atoms with E-state index in [2.05, 4.69) is 10.6 Å². The van der Waals surface area contributed by atoms with E-state index in [-0.39, 0.29) is 23.8 Å². The fraction of sp³-hybridized carbons (Fsp3) is 0.524. The van der Waals surface area contributed by atoms with Gasteiger partial charge in [0.2, 0.25) is 11.8 Å². The zero-order chi connectivity index (χ0) is 23.0. The van der Waals surface area contributed by atoms with Crippen LogP contribution in [-0.2, 0) is 19.1 Å². The van der Waals surface area contributed by atoms with Crippen molar-refractivity contribution in [3.05, 3.63) is 35.4 Å². The molecule has 3 atom stereocenters. The summed E-state index contributed by atoms with van der Waals surface area (Å²) >= 11 is 0. The molecule has 31 heavy (non-hydrogen) atoms. The van der Waals surface area contributed by atoms with Crippen molar-refractivity contribution in [3.8, 4) is 0 Å². The molecule has 0 unspecified atom stereocenters. The van der Waals surface area contributed by atoms with Gasteiger partial charge in [-0.05, 0) is 12.5 Å². The third kappa shape index (κ3) is 7.12. The molecule has 170 valence electrons. The van der Waals surface area contributed by atoms with Crippen LogP contribution in [-0.4, -0.2) is 83.6 Å². The standard InChI is InChI=1S/C21H29N3O7/c1-3-16(25)14-4-6-15(7-5-14)19(27)18(21(29)30)23-20(28)13(2)22-17(26)12-24-8-10-31-11-9-24/h4-7,13,18-19,27H,3,8-12H2,1-2H3,(H,22,26)(H,23,28)(H,29,30)/t13-,18-,19+/m0/s1. The van der Waals surface area contributed by atoms with Crippen LogP contribution in [0, 0.1) is 0 Å². The molecule has 1 saturated heterocycles. The van der Waals surface area contributed by atoms with Crippen molar-refractivity contribution in [2.75, 3.05) is 32.8 Å². The molecule has 0 radical (unpaired) electrons. The van der Waals surface area contributed by atoms with Gasteiger partial charge in [0.1, 0.15) is 12.1 Å². The smallest absolute Gasteiger partial charge is 0.329 e. The fourth-order valence-corrected chi connectivity index (χ4v) is 3.13. The summed E-state index contributed by atoms with van der Waals surface area (Å²) in [5.74, 6) is -2.61.